The van der Waals surface area contributed by atoms with E-state index < -0.39 is 0 Å². The summed E-state index contributed by atoms with van der Waals surface area (Å²) < 4.78 is 17.2. The molecule has 0 saturated carbocycles. The quantitative estimate of drug-likeness (QED) is 0.850. The lowest BCUT2D eigenvalue weighted by Crippen LogP contribution is -2.35. The van der Waals surface area contributed by atoms with E-state index in [1.165, 1.54) is 0 Å². The molecule has 0 bridgehead atoms. The van der Waals surface area contributed by atoms with Gasteiger partial charge in [0.05, 0.1) is 24.5 Å². The first-order valence-corrected chi connectivity index (χ1v) is 6.93. The normalized spacial score (nSPS) is 27.0. The minimum absolute atomic E-state index is 0.192. The van der Waals surface area contributed by atoms with Crippen LogP contribution in [0.3, 0.4) is 0 Å². The van der Waals surface area contributed by atoms with E-state index in [1.807, 2.05) is 25.1 Å². The number of benzene rings is 1. The monoisotopic (exact) mass is 265 g/mol. The lowest BCUT2D eigenvalue weighted by atomic mass is 10.0. The van der Waals surface area contributed by atoms with E-state index in [0.29, 0.717) is 18.0 Å². The highest BCUT2D eigenvalue weighted by atomic mass is 16.5. The van der Waals surface area contributed by atoms with Crippen molar-refractivity contribution < 1.29 is 14.2 Å². The molecule has 2 unspecified atom stereocenters. The Kier molecular flexibility index (Phi) is 4.53. The van der Waals surface area contributed by atoms with Crippen LogP contribution in [0.5, 0.6) is 11.5 Å². The third-order valence-electron chi connectivity index (χ3n) is 3.24. The predicted octanol–water partition coefficient (Wildman–Crippen LogP) is 3.00. The molecule has 4 heteroatoms. The topological polar surface area (TPSA) is 53.7 Å². The van der Waals surface area contributed by atoms with E-state index in [1.54, 1.807) is 0 Å². The predicted molar refractivity (Wildman–Crippen MR) is 75.7 cm³/mol. The van der Waals surface area contributed by atoms with Gasteiger partial charge in [-0.05, 0) is 32.9 Å². The first kappa shape index (κ1) is 14.0. The third-order valence-corrected chi connectivity index (χ3v) is 3.24. The number of hydrogen-bond acceptors (Lipinski definition) is 4. The molecule has 1 aliphatic heterocycles. The summed E-state index contributed by atoms with van der Waals surface area (Å²) in [4.78, 5) is 0. The van der Waals surface area contributed by atoms with Gasteiger partial charge in [-0.15, -0.1) is 0 Å². The minimum atomic E-state index is 0.192. The van der Waals surface area contributed by atoms with Gasteiger partial charge in [-0.3, -0.25) is 0 Å². The van der Waals surface area contributed by atoms with Crippen molar-refractivity contribution in [3.63, 3.8) is 0 Å². The van der Waals surface area contributed by atoms with E-state index in [-0.39, 0.29) is 18.3 Å². The highest BCUT2D eigenvalue weighted by Crippen LogP contribution is 2.30. The van der Waals surface area contributed by atoms with Crippen molar-refractivity contribution in [2.75, 3.05) is 12.3 Å². The van der Waals surface area contributed by atoms with Crippen LogP contribution in [0.25, 0.3) is 0 Å². The maximum Gasteiger partial charge on any atom is 0.145 e. The van der Waals surface area contributed by atoms with Crippen LogP contribution < -0.4 is 15.2 Å². The Balaban J connectivity index is 2.04. The summed E-state index contributed by atoms with van der Waals surface area (Å²) in [6.07, 6.45) is 2.51. The fraction of sp³-hybridized carbons (Fsp3) is 0.600. The van der Waals surface area contributed by atoms with Gasteiger partial charge >= 0.3 is 0 Å². The number of hydrogen-bond donors (Lipinski definition) is 1. The van der Waals surface area contributed by atoms with Crippen LogP contribution >= 0.6 is 0 Å². The van der Waals surface area contributed by atoms with Crippen molar-refractivity contribution in [3.8, 4) is 11.5 Å². The molecule has 0 spiro atoms. The Bertz CT molecular complexity index is 412. The van der Waals surface area contributed by atoms with Crippen LogP contribution in [0.2, 0.25) is 0 Å². The van der Waals surface area contributed by atoms with Gasteiger partial charge in [0.25, 0.3) is 0 Å². The molecule has 1 aromatic carbocycles. The van der Waals surface area contributed by atoms with E-state index >= 15 is 0 Å². The Morgan fingerprint density at radius 2 is 1.95 bits per heavy atom. The van der Waals surface area contributed by atoms with E-state index in [9.17, 15) is 0 Å². The third kappa shape index (κ3) is 3.77. The number of ether oxygens (including phenoxy) is 3. The van der Waals surface area contributed by atoms with Crippen LogP contribution in [-0.4, -0.2) is 24.9 Å². The highest BCUT2D eigenvalue weighted by molar-refractivity contribution is 5.55. The largest absolute Gasteiger partial charge is 0.492 e. The van der Waals surface area contributed by atoms with Crippen LogP contribution in [0.1, 0.15) is 33.6 Å². The van der Waals surface area contributed by atoms with Crippen LogP contribution in [0, 0.1) is 0 Å². The molecule has 1 aromatic rings. The Labute approximate surface area is 114 Å². The molecule has 0 aliphatic carbocycles. The molecule has 19 heavy (non-hydrogen) atoms. The first-order valence-electron chi connectivity index (χ1n) is 6.93. The van der Waals surface area contributed by atoms with Gasteiger partial charge in [0.2, 0.25) is 0 Å². The number of nitrogens with two attached hydrogens (primary N) is 1. The maximum atomic E-state index is 6.02. The van der Waals surface area contributed by atoms with Crippen molar-refractivity contribution in [1.82, 2.24) is 0 Å². The van der Waals surface area contributed by atoms with Gasteiger partial charge in [0.15, 0.2) is 0 Å². The summed E-state index contributed by atoms with van der Waals surface area (Å²) in [5.74, 6) is 1.50. The van der Waals surface area contributed by atoms with Crippen LogP contribution in [-0.2, 0) is 4.74 Å². The van der Waals surface area contributed by atoms with Crippen LogP contribution in [0.4, 0.5) is 5.69 Å². The summed E-state index contributed by atoms with van der Waals surface area (Å²) in [5.41, 5.74) is 6.49. The molecule has 1 fully saturated rings. The molecule has 2 atom stereocenters. The number of nitrogen functional groups attached to an aromatic ring is 1. The highest BCUT2D eigenvalue weighted by Gasteiger charge is 2.25. The molecule has 2 N–H and O–H groups in total. The van der Waals surface area contributed by atoms with Crippen molar-refractivity contribution in [3.05, 3.63) is 18.2 Å². The fourth-order valence-electron chi connectivity index (χ4n) is 2.50. The summed E-state index contributed by atoms with van der Waals surface area (Å²) in [6, 6.07) is 5.58. The van der Waals surface area contributed by atoms with E-state index in [0.717, 1.165) is 18.6 Å². The summed E-state index contributed by atoms with van der Waals surface area (Å²) in [7, 11) is 0. The second-order valence-corrected chi connectivity index (χ2v) is 5.10. The summed E-state index contributed by atoms with van der Waals surface area (Å²) >= 11 is 0. The zero-order valence-electron chi connectivity index (χ0n) is 11.9. The molecule has 1 heterocycles. The Hall–Kier alpha value is -1.42. The second-order valence-electron chi connectivity index (χ2n) is 5.10. The van der Waals surface area contributed by atoms with Gasteiger partial charge < -0.3 is 19.9 Å². The number of anilines is 1. The molecule has 4 nitrogen and oxygen atoms in total. The second kappa shape index (κ2) is 6.15. The SMILES string of the molecule is CCOc1cc(OC2CC(C)OC(C)C2)ccc1N. The standard InChI is InChI=1S/C15H23NO3/c1-4-17-15-9-12(5-6-14(15)16)19-13-7-10(2)18-11(3)8-13/h5-6,9-11,13H,4,7-8,16H2,1-3H3. The molecule has 106 valence electrons. The fourth-order valence-corrected chi connectivity index (χ4v) is 2.50. The molecule has 1 saturated heterocycles. The van der Waals surface area contributed by atoms with Gasteiger partial charge in [0, 0.05) is 18.9 Å². The van der Waals surface area contributed by atoms with Crippen molar-refractivity contribution in [1.29, 1.82) is 0 Å². The van der Waals surface area contributed by atoms with E-state index in [4.69, 9.17) is 19.9 Å². The van der Waals surface area contributed by atoms with Gasteiger partial charge in [-0.1, -0.05) is 0 Å². The average molecular weight is 265 g/mol. The van der Waals surface area contributed by atoms with Crippen molar-refractivity contribution in [2.45, 2.75) is 51.9 Å². The lowest BCUT2D eigenvalue weighted by molar-refractivity contribution is -0.0721. The molecule has 2 rings (SSSR count). The van der Waals surface area contributed by atoms with Crippen molar-refractivity contribution >= 4 is 5.69 Å². The van der Waals surface area contributed by atoms with Gasteiger partial charge in [-0.2, -0.15) is 0 Å². The molecule has 0 radical (unpaired) electrons. The minimum Gasteiger partial charge on any atom is -0.492 e. The average Bonchev–Trinajstić information content (AvgIpc) is 2.32. The molecular formula is C15H23NO3. The van der Waals surface area contributed by atoms with Gasteiger partial charge in [0.1, 0.15) is 17.6 Å². The smallest absolute Gasteiger partial charge is 0.145 e. The first-order chi connectivity index (χ1) is 9.08. The zero-order valence-corrected chi connectivity index (χ0v) is 11.9. The summed E-state index contributed by atoms with van der Waals surface area (Å²) in [5, 5.41) is 0. The summed E-state index contributed by atoms with van der Waals surface area (Å²) in [6.45, 7) is 6.70. The Morgan fingerprint density at radius 3 is 2.58 bits per heavy atom. The lowest BCUT2D eigenvalue weighted by Gasteiger charge is -2.32. The Morgan fingerprint density at radius 1 is 1.26 bits per heavy atom. The molecule has 0 aromatic heterocycles. The maximum absolute atomic E-state index is 6.02. The number of rotatable bonds is 4. The molecule has 0 amide bonds. The zero-order chi connectivity index (χ0) is 13.8. The van der Waals surface area contributed by atoms with Crippen molar-refractivity contribution in [2.24, 2.45) is 0 Å². The van der Waals surface area contributed by atoms with Gasteiger partial charge in [-0.25, -0.2) is 0 Å². The van der Waals surface area contributed by atoms with Crippen LogP contribution in [0.15, 0.2) is 18.2 Å². The molecule has 1 aliphatic rings. The molecular weight excluding hydrogens is 242 g/mol. The van der Waals surface area contributed by atoms with E-state index in [2.05, 4.69) is 13.8 Å².